The van der Waals surface area contributed by atoms with Crippen molar-refractivity contribution in [3.05, 3.63) is 29.8 Å². The number of ether oxygens (including phenoxy) is 4. The fourth-order valence-corrected chi connectivity index (χ4v) is 4.25. The van der Waals surface area contributed by atoms with Gasteiger partial charge in [-0.25, -0.2) is 4.79 Å². The molecule has 1 aromatic rings. The third kappa shape index (κ3) is 20.0. The molecule has 2 atom stereocenters. The Kier molecular flexibility index (Phi) is 21.4. The highest BCUT2D eigenvalue weighted by molar-refractivity contribution is 5.90. The summed E-state index contributed by atoms with van der Waals surface area (Å²) in [5.74, 6) is -5.84. The second-order valence-electron chi connectivity index (χ2n) is 10.7. The molecule has 0 aliphatic heterocycles. The van der Waals surface area contributed by atoms with Crippen molar-refractivity contribution in [3.8, 4) is 5.75 Å². The van der Waals surface area contributed by atoms with E-state index in [9.17, 15) is 38.7 Å². The second kappa shape index (κ2) is 24.7. The van der Waals surface area contributed by atoms with E-state index in [-0.39, 0.29) is 95.2 Å². The smallest absolute Gasteiger partial charge is 0.335 e. The van der Waals surface area contributed by atoms with Crippen molar-refractivity contribution in [2.45, 2.75) is 63.8 Å². The standard InChI is InChI=1S/C32H46N2O14/c1-45-17-14-33-29(38)21-47-19-18-46-15-3-5-27(36)26(11-13-30(39)40)34-28(37)12-8-23(32(43)44)20-24(35)4-2-16-48-25-9-6-22(7-10-25)31(41)42/h6-7,9-10,23,26H,2-5,8,11-21H2,1H3,(H,33,38)(H,34,37)(H,39,40)(H,41,42)(H,43,44). The fourth-order valence-electron chi connectivity index (χ4n) is 4.25. The molecule has 0 fully saturated rings. The molecule has 2 unspecified atom stereocenters. The van der Waals surface area contributed by atoms with E-state index in [1.807, 2.05) is 0 Å². The number of nitrogens with one attached hydrogen (secondary N) is 2. The van der Waals surface area contributed by atoms with Gasteiger partial charge >= 0.3 is 17.9 Å². The Morgan fingerprint density at radius 3 is 2.08 bits per heavy atom. The van der Waals surface area contributed by atoms with Crippen molar-refractivity contribution in [1.29, 1.82) is 0 Å². The molecule has 1 rings (SSSR count). The van der Waals surface area contributed by atoms with Crippen molar-refractivity contribution >= 4 is 41.3 Å². The van der Waals surface area contributed by atoms with E-state index in [0.29, 0.717) is 31.7 Å². The monoisotopic (exact) mass is 682 g/mol. The summed E-state index contributed by atoms with van der Waals surface area (Å²) in [5, 5.41) is 32.7. The maximum absolute atomic E-state index is 12.7. The van der Waals surface area contributed by atoms with Crippen molar-refractivity contribution in [1.82, 2.24) is 10.6 Å². The zero-order valence-corrected chi connectivity index (χ0v) is 27.1. The van der Waals surface area contributed by atoms with Gasteiger partial charge < -0.3 is 44.9 Å². The molecular formula is C32H46N2O14. The molecule has 0 aliphatic rings. The van der Waals surface area contributed by atoms with E-state index in [1.165, 1.54) is 31.4 Å². The topological polar surface area (TPSA) is 241 Å². The van der Waals surface area contributed by atoms with E-state index in [0.717, 1.165) is 0 Å². The first kappa shape index (κ1) is 41.6. The number of hydrogen-bond donors (Lipinski definition) is 5. The molecule has 268 valence electrons. The van der Waals surface area contributed by atoms with Crippen LogP contribution in [0.5, 0.6) is 5.75 Å². The van der Waals surface area contributed by atoms with Crippen LogP contribution in [-0.2, 0) is 43.0 Å². The Hall–Kier alpha value is -4.41. The average Bonchev–Trinajstić information content (AvgIpc) is 3.04. The summed E-state index contributed by atoms with van der Waals surface area (Å²) in [6.45, 7) is 1.31. The normalized spacial score (nSPS) is 12.0. The number of benzene rings is 1. The third-order valence-corrected chi connectivity index (χ3v) is 6.83. The number of Topliss-reactive ketones (excluding diaryl/α,β-unsaturated/α-hetero) is 2. The number of rotatable bonds is 29. The van der Waals surface area contributed by atoms with Crippen LogP contribution in [0.25, 0.3) is 0 Å². The molecule has 0 saturated carbocycles. The van der Waals surface area contributed by atoms with Crippen LogP contribution < -0.4 is 15.4 Å². The van der Waals surface area contributed by atoms with E-state index in [1.54, 1.807) is 0 Å². The zero-order valence-electron chi connectivity index (χ0n) is 27.1. The average molecular weight is 683 g/mol. The molecule has 0 heterocycles. The lowest BCUT2D eigenvalue weighted by atomic mass is 9.95. The van der Waals surface area contributed by atoms with Gasteiger partial charge in [0.15, 0.2) is 5.78 Å². The Morgan fingerprint density at radius 1 is 0.750 bits per heavy atom. The summed E-state index contributed by atoms with van der Waals surface area (Å²) in [6, 6.07) is 4.66. The SMILES string of the molecule is COCCNC(=O)COCCOCCCC(=O)C(CCC(=O)O)NC(=O)CCC(CC(=O)CCCOc1ccc(C(=O)O)cc1)C(=O)O. The van der Waals surface area contributed by atoms with Crippen LogP contribution in [0, 0.1) is 5.92 Å². The van der Waals surface area contributed by atoms with Gasteiger partial charge in [-0.2, -0.15) is 0 Å². The summed E-state index contributed by atoms with van der Waals surface area (Å²) in [7, 11) is 1.52. The summed E-state index contributed by atoms with van der Waals surface area (Å²) >= 11 is 0. The molecule has 5 N–H and O–H groups in total. The molecular weight excluding hydrogens is 636 g/mol. The predicted octanol–water partition coefficient (Wildman–Crippen LogP) is 1.48. The molecule has 48 heavy (non-hydrogen) atoms. The lowest BCUT2D eigenvalue weighted by Gasteiger charge is -2.18. The zero-order chi connectivity index (χ0) is 35.7. The number of hydrogen-bond acceptors (Lipinski definition) is 11. The third-order valence-electron chi connectivity index (χ3n) is 6.83. The molecule has 16 heteroatoms. The van der Waals surface area contributed by atoms with Crippen LogP contribution in [0.1, 0.15) is 68.1 Å². The number of carbonyl (C=O) groups excluding carboxylic acids is 4. The van der Waals surface area contributed by atoms with Crippen LogP contribution >= 0.6 is 0 Å². The van der Waals surface area contributed by atoms with Gasteiger partial charge in [-0.05, 0) is 49.9 Å². The Morgan fingerprint density at radius 2 is 1.44 bits per heavy atom. The Balaban J connectivity index is 2.40. The van der Waals surface area contributed by atoms with Gasteiger partial charge in [0, 0.05) is 52.4 Å². The van der Waals surface area contributed by atoms with Crippen molar-refractivity contribution < 1.29 is 67.8 Å². The molecule has 0 aromatic heterocycles. The first-order chi connectivity index (χ1) is 22.9. The van der Waals surface area contributed by atoms with Gasteiger partial charge in [0.25, 0.3) is 0 Å². The van der Waals surface area contributed by atoms with Crippen molar-refractivity contribution in [3.63, 3.8) is 0 Å². The van der Waals surface area contributed by atoms with E-state index >= 15 is 0 Å². The maximum Gasteiger partial charge on any atom is 0.335 e. The van der Waals surface area contributed by atoms with Gasteiger partial charge in [0.2, 0.25) is 11.8 Å². The van der Waals surface area contributed by atoms with Gasteiger partial charge in [0.05, 0.1) is 44.0 Å². The van der Waals surface area contributed by atoms with Crippen LogP contribution in [0.4, 0.5) is 0 Å². The largest absolute Gasteiger partial charge is 0.494 e. The quantitative estimate of drug-likeness (QED) is 0.0752. The highest BCUT2D eigenvalue weighted by atomic mass is 16.5. The molecule has 1 aromatic carbocycles. The molecule has 0 radical (unpaired) electrons. The molecule has 0 aliphatic carbocycles. The number of carbonyl (C=O) groups is 7. The summed E-state index contributed by atoms with van der Waals surface area (Å²) in [6.07, 6.45) is -0.637. The highest BCUT2D eigenvalue weighted by Crippen LogP contribution is 2.16. The molecule has 0 saturated heterocycles. The van der Waals surface area contributed by atoms with Crippen LogP contribution in [-0.4, -0.2) is 116 Å². The van der Waals surface area contributed by atoms with E-state index < -0.39 is 41.6 Å². The van der Waals surface area contributed by atoms with Crippen molar-refractivity contribution in [2.75, 3.05) is 53.3 Å². The lowest BCUT2D eigenvalue weighted by Crippen LogP contribution is -2.41. The highest BCUT2D eigenvalue weighted by Gasteiger charge is 2.25. The van der Waals surface area contributed by atoms with Crippen LogP contribution in [0.2, 0.25) is 0 Å². The summed E-state index contributed by atoms with van der Waals surface area (Å²) in [4.78, 5) is 83.0. The fraction of sp³-hybridized carbons (Fsp3) is 0.594. The van der Waals surface area contributed by atoms with Gasteiger partial charge in [0.1, 0.15) is 18.1 Å². The first-order valence-corrected chi connectivity index (χ1v) is 15.6. The van der Waals surface area contributed by atoms with Crippen molar-refractivity contribution in [2.24, 2.45) is 5.92 Å². The molecule has 2 amide bonds. The lowest BCUT2D eigenvalue weighted by molar-refractivity contribution is -0.144. The number of methoxy groups -OCH3 is 1. The number of carboxylic acid groups (broad SMARTS) is 3. The maximum atomic E-state index is 12.7. The number of aliphatic carboxylic acids is 2. The Bertz CT molecular complexity index is 1190. The summed E-state index contributed by atoms with van der Waals surface area (Å²) < 4.78 is 20.9. The second-order valence-corrected chi connectivity index (χ2v) is 10.7. The molecule has 0 bridgehead atoms. The summed E-state index contributed by atoms with van der Waals surface area (Å²) in [5.41, 5.74) is 0.104. The van der Waals surface area contributed by atoms with E-state index in [2.05, 4.69) is 10.6 Å². The minimum atomic E-state index is -1.25. The minimum absolute atomic E-state index is 0.00304. The van der Waals surface area contributed by atoms with Gasteiger partial charge in [-0.3, -0.25) is 28.8 Å². The van der Waals surface area contributed by atoms with Gasteiger partial charge in [-0.1, -0.05) is 0 Å². The van der Waals surface area contributed by atoms with Gasteiger partial charge in [-0.15, -0.1) is 0 Å². The number of amides is 2. The number of aromatic carboxylic acids is 1. The number of carboxylic acids is 3. The Labute approximate surface area is 278 Å². The van der Waals surface area contributed by atoms with Crippen LogP contribution in [0.3, 0.4) is 0 Å². The molecule has 0 spiro atoms. The first-order valence-electron chi connectivity index (χ1n) is 15.6. The van der Waals surface area contributed by atoms with E-state index in [4.69, 9.17) is 29.2 Å². The minimum Gasteiger partial charge on any atom is -0.494 e. The number of ketones is 2. The predicted molar refractivity (Wildman–Crippen MR) is 168 cm³/mol. The molecule has 16 nitrogen and oxygen atoms in total. The van der Waals surface area contributed by atoms with Crippen LogP contribution in [0.15, 0.2) is 24.3 Å².